The highest BCUT2D eigenvalue weighted by Crippen LogP contribution is 2.47. The summed E-state index contributed by atoms with van der Waals surface area (Å²) < 4.78 is 6.03. The van der Waals surface area contributed by atoms with Crippen LogP contribution in [0.25, 0.3) is 5.57 Å². The highest BCUT2D eigenvalue weighted by atomic mass is 32.2. The fourth-order valence-corrected chi connectivity index (χ4v) is 5.17. The number of thioether (sulfide) groups is 1. The van der Waals surface area contributed by atoms with Gasteiger partial charge in [-0.15, -0.1) is 0 Å². The maximum absolute atomic E-state index is 13.6. The lowest BCUT2D eigenvalue weighted by Gasteiger charge is -2.44. The van der Waals surface area contributed by atoms with Crippen LogP contribution in [0.3, 0.4) is 0 Å². The predicted octanol–water partition coefficient (Wildman–Crippen LogP) is 3.85. The summed E-state index contributed by atoms with van der Waals surface area (Å²) in [4.78, 5) is 17.0. The van der Waals surface area contributed by atoms with Gasteiger partial charge in [-0.1, -0.05) is 36.0 Å². The van der Waals surface area contributed by atoms with Gasteiger partial charge in [-0.3, -0.25) is 4.79 Å². The molecule has 1 atom stereocenters. The van der Waals surface area contributed by atoms with Crippen LogP contribution in [0.1, 0.15) is 18.4 Å². The molecule has 0 aliphatic carbocycles. The second-order valence-electron chi connectivity index (χ2n) is 6.89. The molecule has 0 saturated carbocycles. The van der Waals surface area contributed by atoms with Crippen LogP contribution in [-0.2, 0) is 4.79 Å². The largest absolute Gasteiger partial charge is 0.456 e. The lowest BCUT2D eigenvalue weighted by atomic mass is 9.74. The van der Waals surface area contributed by atoms with Crippen molar-refractivity contribution in [1.29, 1.82) is 0 Å². The molecule has 5 aliphatic rings. The molecule has 6 rings (SSSR count). The number of carbonyl (C=O) groups excluding carboxylic acids is 1. The normalized spacial score (nSPS) is 30.3. The fourth-order valence-electron chi connectivity index (χ4n) is 4.33. The third-order valence-electron chi connectivity index (χ3n) is 5.58. The van der Waals surface area contributed by atoms with E-state index >= 15 is 0 Å². The number of hydrogen-bond acceptors (Lipinski definition) is 4. The first kappa shape index (κ1) is 14.6. The number of carbonyl (C=O) groups is 1. The van der Waals surface area contributed by atoms with Crippen molar-refractivity contribution in [2.45, 2.75) is 12.8 Å². The maximum Gasteiger partial charge on any atom is 0.169 e. The maximum atomic E-state index is 13.6. The molecule has 1 unspecified atom stereocenters. The molecule has 24 heavy (non-hydrogen) atoms. The van der Waals surface area contributed by atoms with Gasteiger partial charge < -0.3 is 9.64 Å². The average Bonchev–Trinajstić information content (AvgIpc) is 2.66. The number of ether oxygens (including phenoxy) is 1. The average molecular weight is 337 g/mol. The molecule has 1 aromatic carbocycles. The summed E-state index contributed by atoms with van der Waals surface area (Å²) in [6.07, 6.45) is 6.26. The third kappa shape index (κ3) is 2.20. The molecular formula is C20H19NO2S. The first-order chi connectivity index (χ1) is 11.8. The van der Waals surface area contributed by atoms with Crippen molar-refractivity contribution in [1.82, 2.24) is 4.90 Å². The number of benzene rings is 1. The molecule has 0 N–H and O–H groups in total. The molecule has 0 aromatic heterocycles. The van der Waals surface area contributed by atoms with Gasteiger partial charge in [-0.05, 0) is 49.4 Å². The Morgan fingerprint density at radius 3 is 2.83 bits per heavy atom. The number of hydrogen-bond donors (Lipinski definition) is 0. The Morgan fingerprint density at radius 1 is 1.21 bits per heavy atom. The van der Waals surface area contributed by atoms with E-state index in [4.69, 9.17) is 4.74 Å². The number of nitrogens with zero attached hydrogens (tertiary/aromatic N) is 1. The van der Waals surface area contributed by atoms with Crippen molar-refractivity contribution < 1.29 is 9.53 Å². The molecule has 3 nitrogen and oxygen atoms in total. The number of para-hydroxylation sites is 1. The molecule has 5 heterocycles. The quantitative estimate of drug-likeness (QED) is 0.820. The van der Waals surface area contributed by atoms with E-state index in [0.717, 1.165) is 60.0 Å². The molecule has 0 radical (unpaired) electrons. The monoisotopic (exact) mass is 337 g/mol. The minimum atomic E-state index is 0.133. The highest BCUT2D eigenvalue weighted by Gasteiger charge is 2.41. The zero-order valence-corrected chi connectivity index (χ0v) is 14.2. The van der Waals surface area contributed by atoms with Gasteiger partial charge in [0.15, 0.2) is 5.78 Å². The van der Waals surface area contributed by atoms with Gasteiger partial charge in [0.25, 0.3) is 0 Å². The van der Waals surface area contributed by atoms with E-state index < -0.39 is 0 Å². The number of rotatable bonds is 2. The Hall–Kier alpha value is -1.78. The summed E-state index contributed by atoms with van der Waals surface area (Å²) in [5.74, 6) is 2.60. The zero-order valence-electron chi connectivity index (χ0n) is 13.4. The van der Waals surface area contributed by atoms with Crippen LogP contribution in [0.4, 0.5) is 0 Å². The van der Waals surface area contributed by atoms with Crippen molar-refractivity contribution in [3.8, 4) is 5.75 Å². The van der Waals surface area contributed by atoms with Crippen molar-refractivity contribution in [3.05, 3.63) is 58.1 Å². The molecule has 3 fully saturated rings. The van der Waals surface area contributed by atoms with Gasteiger partial charge in [-0.2, -0.15) is 0 Å². The summed E-state index contributed by atoms with van der Waals surface area (Å²) in [6.45, 7) is 3.23. The van der Waals surface area contributed by atoms with E-state index in [1.807, 2.05) is 41.8 Å². The number of piperidine rings is 3. The number of Topliss-reactive ketones (excluding diaryl/α,β-unsaturated/α-hetero) is 1. The van der Waals surface area contributed by atoms with Crippen LogP contribution >= 0.6 is 11.8 Å². The Morgan fingerprint density at radius 2 is 2.04 bits per heavy atom. The summed E-state index contributed by atoms with van der Waals surface area (Å²) in [6, 6.07) is 7.93. The molecule has 0 amide bonds. The topological polar surface area (TPSA) is 29.5 Å². The predicted molar refractivity (Wildman–Crippen MR) is 96.5 cm³/mol. The summed E-state index contributed by atoms with van der Waals surface area (Å²) in [7, 11) is 0. The van der Waals surface area contributed by atoms with Crippen LogP contribution in [-0.4, -0.2) is 30.3 Å². The first-order valence-electron chi connectivity index (χ1n) is 8.63. The van der Waals surface area contributed by atoms with Gasteiger partial charge in [0, 0.05) is 23.6 Å². The van der Waals surface area contributed by atoms with E-state index in [2.05, 4.69) is 4.90 Å². The van der Waals surface area contributed by atoms with Crippen LogP contribution < -0.4 is 4.74 Å². The van der Waals surface area contributed by atoms with Gasteiger partial charge >= 0.3 is 0 Å². The summed E-state index contributed by atoms with van der Waals surface area (Å²) >= 11 is 1.60. The molecule has 4 heteroatoms. The van der Waals surface area contributed by atoms with Crippen molar-refractivity contribution in [2.75, 3.05) is 19.6 Å². The summed E-state index contributed by atoms with van der Waals surface area (Å²) in [5, 5.41) is 2.03. The van der Waals surface area contributed by atoms with Gasteiger partial charge in [-0.25, -0.2) is 0 Å². The van der Waals surface area contributed by atoms with Crippen LogP contribution in [0, 0.1) is 11.8 Å². The molecule has 122 valence electrons. The number of allylic oxidation sites excluding steroid dienone is 3. The van der Waals surface area contributed by atoms with Crippen molar-refractivity contribution in [2.24, 2.45) is 11.8 Å². The lowest BCUT2D eigenvalue weighted by Crippen LogP contribution is -2.50. The smallest absolute Gasteiger partial charge is 0.169 e. The zero-order chi connectivity index (χ0) is 16.1. The van der Waals surface area contributed by atoms with Crippen LogP contribution in [0.2, 0.25) is 0 Å². The molecule has 2 bridgehead atoms. The SMILES string of the molecule is O=C(C1=C2SC=CC=C2Oc2ccccc21)C1CN2CCC1CC2. The Kier molecular flexibility index (Phi) is 3.42. The second-order valence-corrected chi connectivity index (χ2v) is 7.80. The molecule has 3 saturated heterocycles. The van der Waals surface area contributed by atoms with Crippen LogP contribution in [0.5, 0.6) is 5.75 Å². The lowest BCUT2D eigenvalue weighted by molar-refractivity contribution is -0.123. The van der Waals surface area contributed by atoms with Crippen molar-refractivity contribution >= 4 is 23.1 Å². The third-order valence-corrected chi connectivity index (χ3v) is 6.51. The minimum absolute atomic E-state index is 0.133. The Balaban J connectivity index is 1.61. The van der Waals surface area contributed by atoms with Gasteiger partial charge in [0.05, 0.1) is 4.91 Å². The summed E-state index contributed by atoms with van der Waals surface area (Å²) in [5.41, 5.74) is 1.82. The Labute approximate surface area is 146 Å². The van der Waals surface area contributed by atoms with E-state index in [0.29, 0.717) is 11.7 Å². The molecule has 1 aromatic rings. The first-order valence-corrected chi connectivity index (χ1v) is 9.51. The number of ketones is 1. The fraction of sp³-hybridized carbons (Fsp3) is 0.350. The van der Waals surface area contributed by atoms with Gasteiger partial charge in [0.2, 0.25) is 0 Å². The van der Waals surface area contributed by atoms with Crippen molar-refractivity contribution in [3.63, 3.8) is 0 Å². The van der Waals surface area contributed by atoms with Gasteiger partial charge in [0.1, 0.15) is 11.5 Å². The Bertz CT molecular complexity index is 800. The highest BCUT2D eigenvalue weighted by molar-refractivity contribution is 8.06. The molecular weight excluding hydrogens is 318 g/mol. The standard InChI is InChI=1S/C20H19NO2S/c22-19(15-12-21-9-7-13(15)8-10-21)18-14-4-1-2-5-16(14)23-17-6-3-11-24-20(17)18/h1-6,11,13,15H,7-10,12H2. The van der Waals surface area contributed by atoms with E-state index in [9.17, 15) is 4.79 Å². The van der Waals surface area contributed by atoms with Crippen LogP contribution in [0.15, 0.2) is 52.5 Å². The second kappa shape index (κ2) is 5.64. The van der Waals surface area contributed by atoms with E-state index in [-0.39, 0.29) is 5.92 Å². The van der Waals surface area contributed by atoms with E-state index in [1.54, 1.807) is 11.8 Å². The molecule has 0 spiro atoms. The van der Waals surface area contributed by atoms with E-state index in [1.165, 1.54) is 0 Å². The molecule has 5 aliphatic heterocycles. The minimum Gasteiger partial charge on any atom is -0.456 e. The number of fused-ring (bicyclic) bond motifs is 5.